The van der Waals surface area contributed by atoms with E-state index in [2.05, 4.69) is 47.5 Å². The lowest BCUT2D eigenvalue weighted by Gasteiger charge is -2.39. The van der Waals surface area contributed by atoms with Crippen molar-refractivity contribution in [1.82, 2.24) is 10.2 Å². The van der Waals surface area contributed by atoms with E-state index >= 15 is 0 Å². The molecule has 1 saturated heterocycles. The van der Waals surface area contributed by atoms with E-state index in [0.29, 0.717) is 12.1 Å². The number of piperazine rings is 1. The van der Waals surface area contributed by atoms with Gasteiger partial charge < -0.3 is 10.1 Å². The first-order valence-corrected chi connectivity index (χ1v) is 6.82. The van der Waals surface area contributed by atoms with Gasteiger partial charge in [0.15, 0.2) is 0 Å². The van der Waals surface area contributed by atoms with Gasteiger partial charge in [-0.3, -0.25) is 4.90 Å². The Hall–Kier alpha value is -0.900. The molecule has 0 aliphatic carbocycles. The molecule has 2 rings (SSSR count). The lowest BCUT2D eigenvalue weighted by molar-refractivity contribution is 0.118. The summed E-state index contributed by atoms with van der Waals surface area (Å²) < 4.78 is 5.14. The minimum atomic E-state index is 0.463. The monoisotopic (exact) mass is 248 g/mol. The second-order valence-electron chi connectivity index (χ2n) is 5.06. The highest BCUT2D eigenvalue weighted by atomic mass is 16.5. The Morgan fingerprint density at radius 1 is 1.33 bits per heavy atom. The van der Waals surface area contributed by atoms with E-state index in [0.717, 1.165) is 32.7 Å². The first kappa shape index (κ1) is 13.5. The number of nitrogens with zero attached hydrogens (tertiary/aromatic N) is 1. The highest BCUT2D eigenvalue weighted by molar-refractivity contribution is 5.20. The molecule has 2 atom stereocenters. The minimum Gasteiger partial charge on any atom is -0.385 e. The van der Waals surface area contributed by atoms with Crippen molar-refractivity contribution in [2.24, 2.45) is 0 Å². The maximum atomic E-state index is 5.14. The van der Waals surface area contributed by atoms with Gasteiger partial charge in [-0.05, 0) is 18.9 Å². The largest absolute Gasteiger partial charge is 0.385 e. The number of rotatable bonds is 5. The van der Waals surface area contributed by atoms with Crippen LogP contribution >= 0.6 is 0 Å². The maximum Gasteiger partial charge on any atom is 0.0474 e. The van der Waals surface area contributed by atoms with Crippen LogP contribution in [0.5, 0.6) is 0 Å². The molecule has 2 unspecified atom stereocenters. The van der Waals surface area contributed by atoms with Crippen molar-refractivity contribution in [3.8, 4) is 0 Å². The Kier molecular flexibility index (Phi) is 5.17. The Morgan fingerprint density at radius 3 is 2.83 bits per heavy atom. The van der Waals surface area contributed by atoms with Gasteiger partial charge in [0.25, 0.3) is 0 Å². The van der Waals surface area contributed by atoms with E-state index < -0.39 is 0 Å². The Balaban J connectivity index is 1.91. The molecule has 3 heteroatoms. The molecular weight excluding hydrogens is 224 g/mol. The summed E-state index contributed by atoms with van der Waals surface area (Å²) in [5.74, 6) is 0. The summed E-state index contributed by atoms with van der Waals surface area (Å²) in [6, 6.07) is 11.8. The fraction of sp³-hybridized carbons (Fsp3) is 0.600. The van der Waals surface area contributed by atoms with Crippen LogP contribution in [0.3, 0.4) is 0 Å². The molecular formula is C15H24N2O. The molecule has 3 nitrogen and oxygen atoms in total. The van der Waals surface area contributed by atoms with Crippen LogP contribution in [0, 0.1) is 0 Å². The molecule has 0 amide bonds. The lowest BCUT2D eigenvalue weighted by Crippen LogP contribution is -2.51. The van der Waals surface area contributed by atoms with Crippen molar-refractivity contribution in [2.45, 2.75) is 25.4 Å². The van der Waals surface area contributed by atoms with Crippen LogP contribution < -0.4 is 5.32 Å². The third kappa shape index (κ3) is 3.55. The maximum absolute atomic E-state index is 5.14. The van der Waals surface area contributed by atoms with Gasteiger partial charge in [-0.15, -0.1) is 0 Å². The predicted octanol–water partition coefficient (Wildman–Crippen LogP) is 2.06. The Morgan fingerprint density at radius 2 is 2.11 bits per heavy atom. The van der Waals surface area contributed by atoms with E-state index in [1.54, 1.807) is 7.11 Å². The second kappa shape index (κ2) is 6.88. The molecule has 1 aromatic carbocycles. The van der Waals surface area contributed by atoms with Gasteiger partial charge >= 0.3 is 0 Å². The van der Waals surface area contributed by atoms with Crippen LogP contribution in [-0.4, -0.2) is 44.3 Å². The molecule has 0 aromatic heterocycles. The summed E-state index contributed by atoms with van der Waals surface area (Å²) in [5, 5.41) is 3.63. The molecule has 0 bridgehead atoms. The SMILES string of the molecule is COCCCN1CC(c2ccccc2)NCC1C. The zero-order valence-electron chi connectivity index (χ0n) is 11.4. The van der Waals surface area contributed by atoms with Crippen molar-refractivity contribution >= 4 is 0 Å². The standard InChI is InChI=1S/C15H24N2O/c1-13-11-16-15(14-7-4-3-5-8-14)12-17(13)9-6-10-18-2/h3-5,7-8,13,15-16H,6,9-12H2,1-2H3. The van der Waals surface area contributed by atoms with Crippen LogP contribution in [0.2, 0.25) is 0 Å². The molecule has 1 N–H and O–H groups in total. The number of hydrogen-bond donors (Lipinski definition) is 1. The van der Waals surface area contributed by atoms with Crippen LogP contribution in [0.15, 0.2) is 30.3 Å². The van der Waals surface area contributed by atoms with Crippen molar-refractivity contribution in [3.05, 3.63) is 35.9 Å². The van der Waals surface area contributed by atoms with E-state index in [-0.39, 0.29) is 0 Å². The van der Waals surface area contributed by atoms with Crippen LogP contribution in [0.1, 0.15) is 24.9 Å². The number of methoxy groups -OCH3 is 1. The van der Waals surface area contributed by atoms with Crippen molar-refractivity contribution < 1.29 is 4.74 Å². The van der Waals surface area contributed by atoms with Gasteiger partial charge in [-0.1, -0.05) is 30.3 Å². The highest BCUT2D eigenvalue weighted by Crippen LogP contribution is 2.19. The summed E-state index contributed by atoms with van der Waals surface area (Å²) in [4.78, 5) is 2.56. The van der Waals surface area contributed by atoms with Crippen LogP contribution in [-0.2, 0) is 4.74 Å². The quantitative estimate of drug-likeness (QED) is 0.807. The van der Waals surface area contributed by atoms with Crippen molar-refractivity contribution in [1.29, 1.82) is 0 Å². The number of hydrogen-bond acceptors (Lipinski definition) is 3. The van der Waals surface area contributed by atoms with Crippen molar-refractivity contribution in [2.75, 3.05) is 33.4 Å². The smallest absolute Gasteiger partial charge is 0.0474 e. The van der Waals surface area contributed by atoms with E-state index in [1.807, 2.05) is 0 Å². The zero-order chi connectivity index (χ0) is 12.8. The minimum absolute atomic E-state index is 0.463. The Bertz CT molecular complexity index is 342. The number of nitrogens with one attached hydrogen (secondary N) is 1. The lowest BCUT2D eigenvalue weighted by atomic mass is 10.0. The molecule has 1 aliphatic rings. The third-order valence-corrected chi connectivity index (χ3v) is 3.70. The first-order chi connectivity index (χ1) is 8.81. The van der Waals surface area contributed by atoms with Gasteiger partial charge in [0.2, 0.25) is 0 Å². The molecule has 1 fully saturated rings. The molecule has 100 valence electrons. The zero-order valence-corrected chi connectivity index (χ0v) is 11.4. The van der Waals surface area contributed by atoms with Crippen molar-refractivity contribution in [3.63, 3.8) is 0 Å². The summed E-state index contributed by atoms with van der Waals surface area (Å²) in [5.41, 5.74) is 1.39. The average Bonchev–Trinajstić information content (AvgIpc) is 2.42. The van der Waals surface area contributed by atoms with Crippen LogP contribution in [0.25, 0.3) is 0 Å². The third-order valence-electron chi connectivity index (χ3n) is 3.70. The number of benzene rings is 1. The molecule has 0 radical (unpaired) electrons. The molecule has 1 aromatic rings. The highest BCUT2D eigenvalue weighted by Gasteiger charge is 2.25. The van der Waals surface area contributed by atoms with Gasteiger partial charge in [-0.25, -0.2) is 0 Å². The summed E-state index contributed by atoms with van der Waals surface area (Å²) in [6.45, 7) is 6.43. The molecule has 1 heterocycles. The van der Waals surface area contributed by atoms with Gasteiger partial charge in [0, 0.05) is 45.4 Å². The summed E-state index contributed by atoms with van der Waals surface area (Å²) >= 11 is 0. The molecule has 0 spiro atoms. The van der Waals surface area contributed by atoms with E-state index in [1.165, 1.54) is 5.56 Å². The summed E-state index contributed by atoms with van der Waals surface area (Å²) in [6.07, 6.45) is 1.11. The fourth-order valence-corrected chi connectivity index (χ4v) is 2.55. The molecule has 0 saturated carbocycles. The number of ether oxygens (including phenoxy) is 1. The molecule has 1 aliphatic heterocycles. The predicted molar refractivity (Wildman–Crippen MR) is 74.7 cm³/mol. The second-order valence-corrected chi connectivity index (χ2v) is 5.06. The van der Waals surface area contributed by atoms with Gasteiger partial charge in [0.05, 0.1) is 0 Å². The average molecular weight is 248 g/mol. The van der Waals surface area contributed by atoms with E-state index in [4.69, 9.17) is 4.74 Å². The van der Waals surface area contributed by atoms with Gasteiger partial charge in [0.1, 0.15) is 0 Å². The Labute approximate surface area is 110 Å². The van der Waals surface area contributed by atoms with E-state index in [9.17, 15) is 0 Å². The molecule has 18 heavy (non-hydrogen) atoms. The first-order valence-electron chi connectivity index (χ1n) is 6.82. The fourth-order valence-electron chi connectivity index (χ4n) is 2.55. The normalized spacial score (nSPS) is 25.2. The van der Waals surface area contributed by atoms with Crippen LogP contribution in [0.4, 0.5) is 0 Å². The summed E-state index contributed by atoms with van der Waals surface area (Å²) in [7, 11) is 1.77. The van der Waals surface area contributed by atoms with Gasteiger partial charge in [-0.2, -0.15) is 0 Å². The topological polar surface area (TPSA) is 24.5 Å².